The summed E-state index contributed by atoms with van der Waals surface area (Å²) >= 11 is 3.39. The van der Waals surface area contributed by atoms with Gasteiger partial charge in [-0.1, -0.05) is 28.1 Å². The van der Waals surface area contributed by atoms with Crippen LogP contribution in [-0.4, -0.2) is 5.11 Å². The number of rotatable bonds is 2. The molecule has 0 saturated carbocycles. The van der Waals surface area contributed by atoms with Crippen LogP contribution in [0, 0.1) is 0 Å². The molecule has 0 fully saturated rings. The molecule has 0 spiro atoms. The van der Waals surface area contributed by atoms with Crippen molar-refractivity contribution in [1.82, 2.24) is 0 Å². The summed E-state index contributed by atoms with van der Waals surface area (Å²) in [5.41, 5.74) is 0.999. The number of hydrogen-bond donors (Lipinski definition) is 1. The van der Waals surface area contributed by atoms with Crippen LogP contribution in [0.15, 0.2) is 45.3 Å². The number of aliphatic hydroxyl groups is 1. The highest BCUT2D eigenvalue weighted by Gasteiger charge is 2.03. The van der Waals surface area contributed by atoms with E-state index >= 15 is 0 Å². The van der Waals surface area contributed by atoms with E-state index in [4.69, 9.17) is 9.52 Å². The third-order valence-corrected chi connectivity index (χ3v) is 2.42. The largest absolute Gasteiger partial charge is 0.459 e. The third kappa shape index (κ3) is 1.89. The summed E-state index contributed by atoms with van der Waals surface area (Å²) in [5.74, 6) is 1.36. The lowest BCUT2D eigenvalue weighted by molar-refractivity contribution is 0.248. The average Bonchev–Trinajstić information content (AvgIpc) is 2.66. The zero-order chi connectivity index (χ0) is 9.97. The maximum absolute atomic E-state index is 8.85. The van der Waals surface area contributed by atoms with E-state index < -0.39 is 0 Å². The molecule has 0 unspecified atom stereocenters. The molecule has 3 heteroatoms. The van der Waals surface area contributed by atoms with E-state index in [1.54, 1.807) is 6.07 Å². The predicted octanol–water partition coefficient (Wildman–Crippen LogP) is 3.20. The molecule has 2 aromatic rings. The highest BCUT2D eigenvalue weighted by atomic mass is 79.9. The first-order chi connectivity index (χ1) is 6.79. The zero-order valence-corrected chi connectivity index (χ0v) is 8.99. The number of aliphatic hydroxyl groups excluding tert-OH is 1. The van der Waals surface area contributed by atoms with Gasteiger partial charge in [-0.05, 0) is 24.3 Å². The van der Waals surface area contributed by atoms with Crippen LogP contribution < -0.4 is 0 Å². The van der Waals surface area contributed by atoms with Gasteiger partial charge in [0, 0.05) is 10.0 Å². The molecule has 1 heterocycles. The number of hydrogen-bond acceptors (Lipinski definition) is 2. The smallest absolute Gasteiger partial charge is 0.134 e. The molecule has 0 bridgehead atoms. The van der Waals surface area contributed by atoms with Gasteiger partial charge in [0.2, 0.25) is 0 Å². The molecule has 1 aromatic heterocycles. The van der Waals surface area contributed by atoms with E-state index in [2.05, 4.69) is 15.9 Å². The van der Waals surface area contributed by atoms with E-state index in [-0.39, 0.29) is 6.61 Å². The van der Waals surface area contributed by atoms with Crippen molar-refractivity contribution in [3.63, 3.8) is 0 Å². The Hall–Kier alpha value is -1.06. The summed E-state index contributed by atoms with van der Waals surface area (Å²) in [5, 5.41) is 8.85. The van der Waals surface area contributed by atoms with Crippen molar-refractivity contribution in [3.05, 3.63) is 46.6 Å². The highest BCUT2D eigenvalue weighted by molar-refractivity contribution is 9.10. The van der Waals surface area contributed by atoms with Gasteiger partial charge in [0.05, 0.1) is 0 Å². The summed E-state index contributed by atoms with van der Waals surface area (Å²) in [6, 6.07) is 11.5. The monoisotopic (exact) mass is 252 g/mol. The molecular formula is C11H9BrO2. The standard InChI is InChI=1S/C11H9BrO2/c12-9-3-1-2-8(6-9)11-5-4-10(7-13)14-11/h1-6,13H,7H2. The first kappa shape index (κ1) is 9.49. The van der Waals surface area contributed by atoms with E-state index in [9.17, 15) is 0 Å². The number of halogens is 1. The molecule has 0 aliphatic rings. The second-order valence-corrected chi connectivity index (χ2v) is 3.85. The van der Waals surface area contributed by atoms with Crippen molar-refractivity contribution in [1.29, 1.82) is 0 Å². The topological polar surface area (TPSA) is 33.4 Å². The van der Waals surface area contributed by atoms with Crippen LogP contribution in [0.25, 0.3) is 11.3 Å². The van der Waals surface area contributed by atoms with E-state index in [0.29, 0.717) is 5.76 Å². The van der Waals surface area contributed by atoms with Crippen LogP contribution >= 0.6 is 15.9 Å². The fourth-order valence-electron chi connectivity index (χ4n) is 1.26. The highest BCUT2D eigenvalue weighted by Crippen LogP contribution is 2.24. The Morgan fingerprint density at radius 2 is 2.07 bits per heavy atom. The Balaban J connectivity index is 2.39. The second-order valence-electron chi connectivity index (χ2n) is 2.93. The Bertz CT molecular complexity index is 434. The van der Waals surface area contributed by atoms with Gasteiger partial charge in [0.25, 0.3) is 0 Å². The van der Waals surface area contributed by atoms with Crippen LogP contribution in [0.1, 0.15) is 5.76 Å². The van der Waals surface area contributed by atoms with Crippen molar-refractivity contribution in [3.8, 4) is 11.3 Å². The van der Waals surface area contributed by atoms with Crippen LogP contribution in [-0.2, 0) is 6.61 Å². The van der Waals surface area contributed by atoms with Gasteiger partial charge < -0.3 is 9.52 Å². The third-order valence-electron chi connectivity index (χ3n) is 1.93. The molecule has 0 saturated heterocycles. The first-order valence-electron chi connectivity index (χ1n) is 4.25. The molecule has 0 aliphatic carbocycles. The summed E-state index contributed by atoms with van der Waals surface area (Å²) in [4.78, 5) is 0. The van der Waals surface area contributed by atoms with Crippen molar-refractivity contribution in [2.75, 3.05) is 0 Å². The lowest BCUT2D eigenvalue weighted by atomic mass is 10.2. The summed E-state index contributed by atoms with van der Waals surface area (Å²) in [6.07, 6.45) is 0. The molecule has 14 heavy (non-hydrogen) atoms. The Kier molecular flexibility index (Phi) is 2.70. The van der Waals surface area contributed by atoms with Gasteiger partial charge in [0.15, 0.2) is 0 Å². The summed E-state index contributed by atoms with van der Waals surface area (Å²) in [6.45, 7) is -0.0615. The Morgan fingerprint density at radius 1 is 1.21 bits per heavy atom. The quantitative estimate of drug-likeness (QED) is 0.891. The summed E-state index contributed by atoms with van der Waals surface area (Å²) in [7, 11) is 0. The first-order valence-corrected chi connectivity index (χ1v) is 5.04. The van der Waals surface area contributed by atoms with Crippen LogP contribution in [0.3, 0.4) is 0 Å². The van der Waals surface area contributed by atoms with Crippen LogP contribution in [0.2, 0.25) is 0 Å². The van der Waals surface area contributed by atoms with E-state index in [0.717, 1.165) is 15.8 Å². The minimum absolute atomic E-state index is 0.0615. The lowest BCUT2D eigenvalue weighted by Gasteiger charge is -1.97. The number of furan rings is 1. The van der Waals surface area contributed by atoms with Gasteiger partial charge in [-0.2, -0.15) is 0 Å². The molecular weight excluding hydrogens is 244 g/mol. The van der Waals surface area contributed by atoms with Gasteiger partial charge in [0.1, 0.15) is 18.1 Å². The molecule has 0 aliphatic heterocycles. The average molecular weight is 253 g/mol. The molecule has 72 valence electrons. The van der Waals surface area contributed by atoms with Gasteiger partial charge in [-0.15, -0.1) is 0 Å². The van der Waals surface area contributed by atoms with Crippen molar-refractivity contribution in [2.24, 2.45) is 0 Å². The van der Waals surface area contributed by atoms with E-state index in [1.807, 2.05) is 30.3 Å². The SMILES string of the molecule is OCc1ccc(-c2cccc(Br)c2)o1. The minimum Gasteiger partial charge on any atom is -0.459 e. The molecule has 0 radical (unpaired) electrons. The summed E-state index contributed by atoms with van der Waals surface area (Å²) < 4.78 is 6.41. The Labute approximate surface area is 90.3 Å². The van der Waals surface area contributed by atoms with Gasteiger partial charge >= 0.3 is 0 Å². The maximum atomic E-state index is 8.85. The molecule has 1 aromatic carbocycles. The van der Waals surface area contributed by atoms with E-state index in [1.165, 1.54) is 0 Å². The minimum atomic E-state index is -0.0615. The Morgan fingerprint density at radius 3 is 2.71 bits per heavy atom. The predicted molar refractivity (Wildman–Crippen MR) is 57.8 cm³/mol. The molecule has 2 rings (SSSR count). The van der Waals surface area contributed by atoms with Crippen molar-refractivity contribution in [2.45, 2.75) is 6.61 Å². The van der Waals surface area contributed by atoms with Crippen molar-refractivity contribution >= 4 is 15.9 Å². The van der Waals surface area contributed by atoms with Crippen LogP contribution in [0.4, 0.5) is 0 Å². The fourth-order valence-corrected chi connectivity index (χ4v) is 1.66. The van der Waals surface area contributed by atoms with Gasteiger partial charge in [-0.3, -0.25) is 0 Å². The van der Waals surface area contributed by atoms with Gasteiger partial charge in [-0.25, -0.2) is 0 Å². The molecule has 1 N–H and O–H groups in total. The molecule has 2 nitrogen and oxygen atoms in total. The van der Waals surface area contributed by atoms with Crippen LogP contribution in [0.5, 0.6) is 0 Å². The van der Waals surface area contributed by atoms with Crippen molar-refractivity contribution < 1.29 is 9.52 Å². The normalized spacial score (nSPS) is 10.4. The fraction of sp³-hybridized carbons (Fsp3) is 0.0909. The maximum Gasteiger partial charge on any atom is 0.134 e. The molecule has 0 amide bonds. The second kappa shape index (κ2) is 3.98. The lowest BCUT2D eigenvalue weighted by Crippen LogP contribution is -1.75. The molecule has 0 atom stereocenters. The number of benzene rings is 1. The zero-order valence-electron chi connectivity index (χ0n) is 7.40.